The van der Waals surface area contributed by atoms with E-state index in [0.29, 0.717) is 6.04 Å². The molecule has 0 amide bonds. The van der Waals surface area contributed by atoms with Crippen molar-refractivity contribution in [2.45, 2.75) is 10.9 Å². The zero-order chi connectivity index (χ0) is 13.5. The number of imidazole rings is 1. The molecule has 1 aromatic heterocycles. The van der Waals surface area contributed by atoms with Crippen molar-refractivity contribution in [3.63, 3.8) is 0 Å². The standard InChI is InChI=1S/C15H13N3OS/c19-15-17-11-6-5-9(7-12(11)18-15)16-13-8-20-14-4-2-1-3-10(13)14/h1-7,13,16H,8H2,(H2,17,18,19). The molecule has 1 aliphatic rings. The summed E-state index contributed by atoms with van der Waals surface area (Å²) >= 11 is 1.88. The first-order valence-corrected chi connectivity index (χ1v) is 7.48. The maximum Gasteiger partial charge on any atom is 0.323 e. The Morgan fingerprint density at radius 1 is 1.10 bits per heavy atom. The Morgan fingerprint density at radius 3 is 2.90 bits per heavy atom. The molecule has 0 bridgehead atoms. The zero-order valence-electron chi connectivity index (χ0n) is 10.6. The summed E-state index contributed by atoms with van der Waals surface area (Å²) in [7, 11) is 0. The average molecular weight is 283 g/mol. The number of hydrogen-bond donors (Lipinski definition) is 3. The summed E-state index contributed by atoms with van der Waals surface area (Å²) in [6.07, 6.45) is 0. The molecule has 0 saturated heterocycles. The highest BCUT2D eigenvalue weighted by Crippen LogP contribution is 2.39. The second-order valence-electron chi connectivity index (χ2n) is 4.89. The third-order valence-corrected chi connectivity index (χ3v) is 4.74. The van der Waals surface area contributed by atoms with Crippen molar-refractivity contribution < 1.29 is 0 Å². The van der Waals surface area contributed by atoms with Crippen molar-refractivity contribution in [3.8, 4) is 0 Å². The lowest BCUT2D eigenvalue weighted by molar-refractivity contribution is 0.900. The van der Waals surface area contributed by atoms with Gasteiger partial charge in [0.2, 0.25) is 0 Å². The summed E-state index contributed by atoms with van der Waals surface area (Å²) in [6.45, 7) is 0. The maximum atomic E-state index is 11.3. The fraction of sp³-hybridized carbons (Fsp3) is 0.133. The van der Waals surface area contributed by atoms with Crippen LogP contribution in [0.3, 0.4) is 0 Å². The van der Waals surface area contributed by atoms with Crippen LogP contribution in [0, 0.1) is 0 Å². The van der Waals surface area contributed by atoms with Crippen molar-refractivity contribution in [2.75, 3.05) is 11.1 Å². The second-order valence-corrected chi connectivity index (χ2v) is 5.95. The van der Waals surface area contributed by atoms with Gasteiger partial charge in [0.25, 0.3) is 0 Å². The van der Waals surface area contributed by atoms with Gasteiger partial charge in [0.15, 0.2) is 0 Å². The summed E-state index contributed by atoms with van der Waals surface area (Å²) in [5.41, 5.74) is 3.87. The van der Waals surface area contributed by atoms with Gasteiger partial charge in [-0.15, -0.1) is 11.8 Å². The fourth-order valence-corrected chi connectivity index (χ4v) is 3.77. The Hall–Kier alpha value is -2.14. The number of nitrogens with one attached hydrogen (secondary N) is 3. The third-order valence-electron chi connectivity index (χ3n) is 3.56. The van der Waals surface area contributed by atoms with Crippen LogP contribution in [-0.2, 0) is 0 Å². The molecule has 2 heterocycles. The molecule has 0 fully saturated rings. The van der Waals surface area contributed by atoms with Crippen LogP contribution in [0.5, 0.6) is 0 Å². The van der Waals surface area contributed by atoms with Crippen LogP contribution < -0.4 is 11.0 Å². The molecule has 2 aromatic carbocycles. The smallest absolute Gasteiger partial charge is 0.323 e. The van der Waals surface area contributed by atoms with Crippen molar-refractivity contribution >= 4 is 28.5 Å². The van der Waals surface area contributed by atoms with Gasteiger partial charge in [-0.1, -0.05) is 18.2 Å². The SMILES string of the molecule is O=c1[nH]c2ccc(NC3CSc4ccccc43)cc2[nH]1. The number of rotatable bonds is 2. The minimum Gasteiger partial charge on any atom is -0.377 e. The molecule has 3 aromatic rings. The van der Waals surface area contributed by atoms with Crippen LogP contribution in [0.4, 0.5) is 5.69 Å². The summed E-state index contributed by atoms with van der Waals surface area (Å²) in [4.78, 5) is 18.2. The van der Waals surface area contributed by atoms with E-state index in [-0.39, 0.29) is 5.69 Å². The lowest BCUT2D eigenvalue weighted by Crippen LogP contribution is -2.09. The molecule has 0 saturated carbocycles. The van der Waals surface area contributed by atoms with Crippen LogP contribution >= 0.6 is 11.8 Å². The number of fused-ring (bicyclic) bond motifs is 2. The summed E-state index contributed by atoms with van der Waals surface area (Å²) < 4.78 is 0. The molecule has 3 N–H and O–H groups in total. The third kappa shape index (κ3) is 1.91. The number of hydrogen-bond acceptors (Lipinski definition) is 3. The minimum atomic E-state index is -0.168. The maximum absolute atomic E-state index is 11.3. The van der Waals surface area contributed by atoms with E-state index in [1.807, 2.05) is 30.0 Å². The molecule has 0 radical (unpaired) electrons. The van der Waals surface area contributed by atoms with Crippen molar-refractivity contribution in [3.05, 3.63) is 58.5 Å². The Labute approximate surface area is 119 Å². The number of aromatic amines is 2. The molecule has 4 nitrogen and oxygen atoms in total. The molecule has 1 aliphatic heterocycles. The molecule has 1 atom stereocenters. The van der Waals surface area contributed by atoms with Crippen LogP contribution in [0.2, 0.25) is 0 Å². The zero-order valence-corrected chi connectivity index (χ0v) is 11.5. The molecular formula is C15H13N3OS. The van der Waals surface area contributed by atoms with Gasteiger partial charge in [-0.2, -0.15) is 0 Å². The number of anilines is 1. The van der Waals surface area contributed by atoms with E-state index in [2.05, 4.69) is 39.6 Å². The van der Waals surface area contributed by atoms with E-state index >= 15 is 0 Å². The number of H-pyrrole nitrogens is 2. The van der Waals surface area contributed by atoms with Crippen molar-refractivity contribution in [1.82, 2.24) is 9.97 Å². The van der Waals surface area contributed by atoms with Gasteiger partial charge in [-0.05, 0) is 29.8 Å². The van der Waals surface area contributed by atoms with E-state index in [4.69, 9.17) is 0 Å². The summed E-state index contributed by atoms with van der Waals surface area (Å²) in [5, 5.41) is 3.54. The minimum absolute atomic E-state index is 0.168. The molecule has 5 heteroatoms. The van der Waals surface area contributed by atoms with Gasteiger partial charge >= 0.3 is 5.69 Å². The molecular weight excluding hydrogens is 270 g/mol. The van der Waals surface area contributed by atoms with Crippen molar-refractivity contribution in [1.29, 1.82) is 0 Å². The lowest BCUT2D eigenvalue weighted by Gasteiger charge is -2.14. The molecule has 20 heavy (non-hydrogen) atoms. The molecule has 1 unspecified atom stereocenters. The first-order chi connectivity index (χ1) is 9.79. The van der Waals surface area contributed by atoms with Gasteiger partial charge in [-0.25, -0.2) is 4.79 Å². The monoisotopic (exact) mass is 283 g/mol. The summed E-state index contributed by atoms with van der Waals surface area (Å²) in [5.74, 6) is 1.03. The molecule has 0 spiro atoms. The van der Waals surface area contributed by atoms with Crippen molar-refractivity contribution in [2.24, 2.45) is 0 Å². The van der Waals surface area contributed by atoms with Gasteiger partial charge in [-0.3, -0.25) is 0 Å². The first kappa shape index (κ1) is 11.7. The molecule has 4 rings (SSSR count). The van der Waals surface area contributed by atoms with E-state index in [1.165, 1.54) is 10.5 Å². The quantitative estimate of drug-likeness (QED) is 0.677. The Kier molecular flexibility index (Phi) is 2.60. The molecule has 100 valence electrons. The van der Waals surface area contributed by atoms with E-state index in [1.54, 1.807) is 0 Å². The van der Waals surface area contributed by atoms with Gasteiger partial charge in [0.1, 0.15) is 0 Å². The fourth-order valence-electron chi connectivity index (χ4n) is 2.61. The van der Waals surface area contributed by atoms with Crippen LogP contribution in [0.15, 0.2) is 52.2 Å². The van der Waals surface area contributed by atoms with Crippen LogP contribution in [0.1, 0.15) is 11.6 Å². The van der Waals surface area contributed by atoms with E-state index < -0.39 is 0 Å². The highest BCUT2D eigenvalue weighted by atomic mass is 32.2. The number of thioether (sulfide) groups is 1. The Morgan fingerprint density at radius 2 is 1.95 bits per heavy atom. The average Bonchev–Trinajstić information content (AvgIpc) is 3.02. The number of aromatic nitrogens is 2. The van der Waals surface area contributed by atoms with Gasteiger partial charge in [0, 0.05) is 16.3 Å². The molecule has 0 aliphatic carbocycles. The van der Waals surface area contributed by atoms with Gasteiger partial charge < -0.3 is 15.3 Å². The van der Waals surface area contributed by atoms with Crippen LogP contribution in [0.25, 0.3) is 11.0 Å². The first-order valence-electron chi connectivity index (χ1n) is 6.50. The lowest BCUT2D eigenvalue weighted by atomic mass is 10.1. The topological polar surface area (TPSA) is 60.7 Å². The largest absolute Gasteiger partial charge is 0.377 e. The highest BCUT2D eigenvalue weighted by molar-refractivity contribution is 7.99. The Bertz CT molecular complexity index is 836. The second kappa shape index (κ2) is 4.45. The van der Waals surface area contributed by atoms with E-state index in [9.17, 15) is 4.79 Å². The highest BCUT2D eigenvalue weighted by Gasteiger charge is 2.22. The Balaban J connectivity index is 1.66. The normalized spacial score (nSPS) is 17.3. The van der Waals surface area contributed by atoms with Crippen LogP contribution in [-0.4, -0.2) is 15.7 Å². The summed E-state index contributed by atoms with van der Waals surface area (Å²) in [6, 6.07) is 14.7. The predicted molar refractivity (Wildman–Crippen MR) is 82.4 cm³/mol. The van der Waals surface area contributed by atoms with E-state index in [0.717, 1.165) is 22.5 Å². The number of benzene rings is 2. The van der Waals surface area contributed by atoms with Gasteiger partial charge in [0.05, 0.1) is 17.1 Å². The predicted octanol–water partition coefficient (Wildman–Crippen LogP) is 3.12.